The SMILES string of the molecule is CC(C)(C)OC(=O)N[C@@H](Cn1c(Br)nc2c(N)ncnc21)C(=O)Oc1ccccc1. The Balaban J connectivity index is 1.89. The molecule has 1 aromatic carbocycles. The third-order valence-electron chi connectivity index (χ3n) is 3.82. The summed E-state index contributed by atoms with van der Waals surface area (Å²) in [5, 5.41) is 2.56. The van der Waals surface area contributed by atoms with Gasteiger partial charge in [0, 0.05) is 0 Å². The lowest BCUT2D eigenvalue weighted by atomic mass is 10.2. The Morgan fingerprint density at radius 3 is 2.60 bits per heavy atom. The first kappa shape index (κ1) is 21.5. The van der Waals surface area contributed by atoms with Crippen molar-refractivity contribution in [3.05, 3.63) is 41.4 Å². The van der Waals surface area contributed by atoms with Crippen LogP contribution in [0, 0.1) is 0 Å². The lowest BCUT2D eigenvalue weighted by Gasteiger charge is -2.23. The van der Waals surface area contributed by atoms with Crippen LogP contribution in [0.1, 0.15) is 20.8 Å². The number of anilines is 1. The van der Waals surface area contributed by atoms with Gasteiger partial charge in [0.2, 0.25) is 0 Å². The number of benzene rings is 1. The van der Waals surface area contributed by atoms with Crippen molar-refractivity contribution in [1.82, 2.24) is 24.8 Å². The molecule has 0 spiro atoms. The largest absolute Gasteiger partial charge is 0.444 e. The number of nitrogens with zero attached hydrogens (tertiary/aromatic N) is 4. The normalized spacial score (nSPS) is 12.4. The number of carbonyl (C=O) groups excluding carboxylic acids is 2. The van der Waals surface area contributed by atoms with Crippen molar-refractivity contribution in [2.75, 3.05) is 5.73 Å². The minimum Gasteiger partial charge on any atom is -0.444 e. The molecule has 11 heteroatoms. The first-order chi connectivity index (χ1) is 14.1. The Morgan fingerprint density at radius 2 is 1.93 bits per heavy atom. The Hall–Kier alpha value is -3.21. The first-order valence-corrected chi connectivity index (χ1v) is 9.82. The van der Waals surface area contributed by atoms with Crippen molar-refractivity contribution in [1.29, 1.82) is 0 Å². The molecule has 0 bridgehead atoms. The van der Waals surface area contributed by atoms with Gasteiger partial charge in [-0.3, -0.25) is 0 Å². The number of imidazole rings is 1. The fourth-order valence-corrected chi connectivity index (χ4v) is 3.07. The molecule has 3 N–H and O–H groups in total. The molecule has 0 aliphatic heterocycles. The highest BCUT2D eigenvalue weighted by molar-refractivity contribution is 9.10. The number of para-hydroxylation sites is 1. The number of ether oxygens (including phenoxy) is 2. The minimum atomic E-state index is -1.09. The molecule has 0 saturated carbocycles. The molecule has 158 valence electrons. The van der Waals surface area contributed by atoms with Crippen LogP contribution in [-0.2, 0) is 16.1 Å². The van der Waals surface area contributed by atoms with Gasteiger partial charge in [-0.25, -0.2) is 24.5 Å². The molecule has 3 rings (SSSR count). The average molecular weight is 477 g/mol. The van der Waals surface area contributed by atoms with E-state index >= 15 is 0 Å². The lowest BCUT2D eigenvalue weighted by Crippen LogP contribution is -2.47. The standard InChI is InChI=1S/C19H21BrN6O4/c1-19(2,3)30-18(28)24-12(16(27)29-11-7-5-4-6-8-11)9-26-15-13(25-17(26)20)14(21)22-10-23-15/h4-8,10,12H,9H2,1-3H3,(H,24,28)(H2,21,22,23)/t12-/m0/s1. The van der Waals surface area contributed by atoms with Gasteiger partial charge in [-0.05, 0) is 48.8 Å². The molecule has 3 aromatic rings. The molecule has 1 amide bonds. The highest BCUT2D eigenvalue weighted by Crippen LogP contribution is 2.22. The molecule has 0 fully saturated rings. The summed E-state index contributed by atoms with van der Waals surface area (Å²) in [6.07, 6.45) is 0.535. The van der Waals surface area contributed by atoms with Gasteiger partial charge < -0.3 is 25.1 Å². The zero-order valence-corrected chi connectivity index (χ0v) is 18.2. The van der Waals surface area contributed by atoms with Gasteiger partial charge in [-0.15, -0.1) is 0 Å². The van der Waals surface area contributed by atoms with Crippen molar-refractivity contribution in [3.8, 4) is 5.75 Å². The highest BCUT2D eigenvalue weighted by Gasteiger charge is 2.28. The minimum absolute atomic E-state index is 0.0293. The van der Waals surface area contributed by atoms with E-state index in [0.29, 0.717) is 21.6 Å². The Labute approximate surface area is 180 Å². The van der Waals surface area contributed by atoms with Crippen molar-refractivity contribution >= 4 is 45.0 Å². The number of halogens is 1. The van der Waals surface area contributed by atoms with Crippen molar-refractivity contribution in [2.45, 2.75) is 39.0 Å². The number of amides is 1. The number of carbonyl (C=O) groups is 2. The average Bonchev–Trinajstić information content (AvgIpc) is 2.97. The van der Waals surface area contributed by atoms with E-state index in [-0.39, 0.29) is 12.4 Å². The van der Waals surface area contributed by atoms with Gasteiger partial charge in [0.15, 0.2) is 21.7 Å². The fraction of sp³-hybridized carbons (Fsp3) is 0.316. The molecule has 30 heavy (non-hydrogen) atoms. The molecular weight excluding hydrogens is 456 g/mol. The number of rotatable bonds is 5. The molecule has 0 aliphatic rings. The lowest BCUT2D eigenvalue weighted by molar-refractivity contribution is -0.137. The van der Waals surface area contributed by atoms with Crippen LogP contribution in [0.4, 0.5) is 10.6 Å². The number of nitrogens with two attached hydrogens (primary N) is 1. The number of esters is 1. The summed E-state index contributed by atoms with van der Waals surface area (Å²) >= 11 is 3.34. The van der Waals surface area contributed by atoms with E-state index < -0.39 is 23.7 Å². The van der Waals surface area contributed by atoms with Crippen LogP contribution >= 0.6 is 15.9 Å². The molecule has 0 radical (unpaired) electrons. The molecule has 2 heterocycles. The Morgan fingerprint density at radius 1 is 1.23 bits per heavy atom. The predicted molar refractivity (Wildman–Crippen MR) is 113 cm³/mol. The summed E-state index contributed by atoms with van der Waals surface area (Å²) in [7, 11) is 0. The summed E-state index contributed by atoms with van der Waals surface area (Å²) in [5.74, 6) is -0.134. The number of fused-ring (bicyclic) bond motifs is 1. The van der Waals surface area contributed by atoms with Crippen LogP contribution in [0.25, 0.3) is 11.2 Å². The third-order valence-corrected chi connectivity index (χ3v) is 4.42. The predicted octanol–water partition coefficient (Wildman–Crippen LogP) is 2.67. The number of nitrogens with one attached hydrogen (secondary N) is 1. The molecular formula is C19H21BrN6O4. The number of nitrogen functional groups attached to an aromatic ring is 1. The van der Waals surface area contributed by atoms with Crippen molar-refractivity contribution < 1.29 is 19.1 Å². The Bertz CT molecular complexity index is 1060. The topological polar surface area (TPSA) is 134 Å². The maximum Gasteiger partial charge on any atom is 0.408 e. The first-order valence-electron chi connectivity index (χ1n) is 9.02. The fourth-order valence-electron chi connectivity index (χ4n) is 2.58. The van der Waals surface area contributed by atoms with E-state index in [9.17, 15) is 9.59 Å². The number of hydrogen-bond donors (Lipinski definition) is 2. The quantitative estimate of drug-likeness (QED) is 0.326. The van der Waals surface area contributed by atoms with Crippen molar-refractivity contribution in [3.63, 3.8) is 0 Å². The summed E-state index contributed by atoms with van der Waals surface area (Å²) in [4.78, 5) is 37.6. The molecule has 0 aliphatic carbocycles. The molecule has 2 aromatic heterocycles. The van der Waals surface area contributed by atoms with E-state index in [4.69, 9.17) is 15.2 Å². The van der Waals surface area contributed by atoms with Crippen LogP contribution in [0.15, 0.2) is 41.4 Å². The van der Waals surface area contributed by atoms with E-state index in [0.717, 1.165) is 0 Å². The summed E-state index contributed by atoms with van der Waals surface area (Å²) in [6, 6.07) is 7.45. The number of aromatic nitrogens is 4. The zero-order valence-electron chi connectivity index (χ0n) is 16.6. The van der Waals surface area contributed by atoms with Gasteiger partial charge in [0.05, 0.1) is 6.54 Å². The van der Waals surface area contributed by atoms with E-state index in [1.54, 1.807) is 55.7 Å². The molecule has 10 nitrogen and oxygen atoms in total. The van der Waals surface area contributed by atoms with Gasteiger partial charge in [-0.2, -0.15) is 0 Å². The van der Waals surface area contributed by atoms with Crippen LogP contribution in [0.3, 0.4) is 0 Å². The maximum absolute atomic E-state index is 12.9. The van der Waals surface area contributed by atoms with Crippen LogP contribution < -0.4 is 15.8 Å². The smallest absolute Gasteiger partial charge is 0.408 e. The van der Waals surface area contributed by atoms with E-state index in [2.05, 4.69) is 36.2 Å². The van der Waals surface area contributed by atoms with Gasteiger partial charge >= 0.3 is 12.1 Å². The van der Waals surface area contributed by atoms with Crippen LogP contribution in [0.5, 0.6) is 5.75 Å². The van der Waals surface area contributed by atoms with Crippen LogP contribution in [-0.4, -0.2) is 43.2 Å². The van der Waals surface area contributed by atoms with Crippen molar-refractivity contribution in [2.24, 2.45) is 0 Å². The number of alkyl carbamates (subject to hydrolysis) is 1. The van der Waals surface area contributed by atoms with Gasteiger partial charge in [0.1, 0.15) is 23.7 Å². The zero-order chi connectivity index (χ0) is 21.9. The van der Waals surface area contributed by atoms with E-state index in [1.807, 2.05) is 0 Å². The second-order valence-electron chi connectivity index (χ2n) is 7.36. The molecule has 0 saturated heterocycles. The molecule has 1 atom stereocenters. The second kappa shape index (κ2) is 8.66. The van der Waals surface area contributed by atoms with E-state index in [1.165, 1.54) is 6.33 Å². The third kappa shape index (κ3) is 5.23. The number of hydrogen-bond acceptors (Lipinski definition) is 8. The summed E-state index contributed by atoms with van der Waals surface area (Å²) in [5.41, 5.74) is 5.89. The summed E-state index contributed by atoms with van der Waals surface area (Å²) in [6.45, 7) is 5.15. The van der Waals surface area contributed by atoms with Crippen LogP contribution in [0.2, 0.25) is 0 Å². The van der Waals surface area contributed by atoms with Gasteiger partial charge in [-0.1, -0.05) is 18.2 Å². The maximum atomic E-state index is 12.9. The summed E-state index contributed by atoms with van der Waals surface area (Å²) < 4.78 is 12.7. The van der Waals surface area contributed by atoms with Gasteiger partial charge in [0.25, 0.3) is 0 Å². The highest BCUT2D eigenvalue weighted by atomic mass is 79.9. The monoisotopic (exact) mass is 476 g/mol. The Kier molecular flexibility index (Phi) is 6.20. The molecule has 0 unspecified atom stereocenters. The second-order valence-corrected chi connectivity index (χ2v) is 8.06.